The lowest BCUT2D eigenvalue weighted by Crippen LogP contribution is -2.48. The summed E-state index contributed by atoms with van der Waals surface area (Å²) in [5.74, 6) is 2.89. The van der Waals surface area contributed by atoms with E-state index < -0.39 is 0 Å². The third kappa shape index (κ3) is 2.46. The van der Waals surface area contributed by atoms with Crippen molar-refractivity contribution in [2.24, 2.45) is 23.2 Å². The van der Waals surface area contributed by atoms with E-state index in [0.29, 0.717) is 11.8 Å². The Morgan fingerprint density at radius 2 is 2.00 bits per heavy atom. The van der Waals surface area contributed by atoms with E-state index in [1.807, 2.05) is 13.1 Å². The largest absolute Gasteiger partial charge is 0.348 e. The zero-order valence-electron chi connectivity index (χ0n) is 14.1. The fraction of sp³-hybridized carbons (Fsp3) is 0.722. The van der Waals surface area contributed by atoms with Crippen LogP contribution in [0.15, 0.2) is 11.7 Å². The van der Waals surface area contributed by atoms with Gasteiger partial charge < -0.3 is 5.32 Å². The molecular formula is C18H24N4OS. The molecule has 4 aliphatic carbocycles. The van der Waals surface area contributed by atoms with Crippen LogP contribution in [0.5, 0.6) is 0 Å². The summed E-state index contributed by atoms with van der Waals surface area (Å²) in [6.45, 7) is 2.02. The number of aromatic nitrogens is 3. The maximum Gasteiger partial charge on any atom is 0.221 e. The topological polar surface area (TPSA) is 59.3 Å². The number of nitrogens with one attached hydrogen (secondary N) is 1. The fourth-order valence-electron chi connectivity index (χ4n) is 6.08. The molecule has 0 aromatic carbocycles. The van der Waals surface area contributed by atoms with Crippen molar-refractivity contribution in [2.45, 2.75) is 57.9 Å². The summed E-state index contributed by atoms with van der Waals surface area (Å²) in [6, 6.07) is -0.0553. The van der Waals surface area contributed by atoms with Gasteiger partial charge in [-0.2, -0.15) is 5.10 Å². The first-order valence-corrected chi connectivity index (χ1v) is 10.0. The van der Waals surface area contributed by atoms with Gasteiger partial charge in [-0.25, -0.2) is 9.50 Å². The molecule has 2 aromatic rings. The summed E-state index contributed by atoms with van der Waals surface area (Å²) < 4.78 is 1.78. The van der Waals surface area contributed by atoms with E-state index in [-0.39, 0.29) is 11.9 Å². The van der Waals surface area contributed by atoms with Crippen LogP contribution in [-0.2, 0) is 4.79 Å². The number of hydrogen-bond acceptors (Lipinski definition) is 4. The standard InChI is InChI=1S/C18H24N4OS/c1-11(15-9-22-17(21-15)24-10-19-22)20-16(23)8-18-5-12-2-13(6-18)4-14(3-12)7-18/h9-14H,2-8H2,1H3,(H,20,23). The molecule has 0 spiro atoms. The smallest absolute Gasteiger partial charge is 0.221 e. The van der Waals surface area contributed by atoms with Gasteiger partial charge in [-0.1, -0.05) is 11.3 Å². The van der Waals surface area contributed by atoms with Crippen molar-refractivity contribution in [3.05, 3.63) is 17.4 Å². The highest BCUT2D eigenvalue weighted by molar-refractivity contribution is 7.14. The van der Waals surface area contributed by atoms with Crippen molar-refractivity contribution in [2.75, 3.05) is 0 Å². The van der Waals surface area contributed by atoms with Crippen molar-refractivity contribution in [3.8, 4) is 0 Å². The van der Waals surface area contributed by atoms with E-state index in [1.165, 1.54) is 49.9 Å². The van der Waals surface area contributed by atoms with Crippen LogP contribution in [0.3, 0.4) is 0 Å². The molecule has 1 atom stereocenters. The summed E-state index contributed by atoms with van der Waals surface area (Å²) >= 11 is 1.52. The predicted octanol–water partition coefficient (Wildman–Crippen LogP) is 3.57. The number of carbonyl (C=O) groups excluding carboxylic acids is 1. The lowest BCUT2D eigenvalue weighted by molar-refractivity contribution is -0.130. The average molecular weight is 344 g/mol. The average Bonchev–Trinajstić information content (AvgIpc) is 3.05. The van der Waals surface area contributed by atoms with Crippen LogP contribution >= 0.6 is 11.3 Å². The van der Waals surface area contributed by atoms with Crippen LogP contribution in [0.2, 0.25) is 0 Å². The predicted molar refractivity (Wildman–Crippen MR) is 92.6 cm³/mol. The summed E-state index contributed by atoms with van der Waals surface area (Å²) in [6.07, 6.45) is 10.8. The minimum atomic E-state index is -0.0553. The molecule has 4 saturated carbocycles. The molecule has 6 heteroatoms. The molecule has 1 N–H and O–H groups in total. The quantitative estimate of drug-likeness (QED) is 0.922. The number of rotatable bonds is 4. The van der Waals surface area contributed by atoms with E-state index >= 15 is 0 Å². The van der Waals surface area contributed by atoms with Gasteiger partial charge in [0.1, 0.15) is 5.51 Å². The summed E-state index contributed by atoms with van der Waals surface area (Å²) in [7, 11) is 0. The first kappa shape index (κ1) is 14.9. The second kappa shape index (κ2) is 5.28. The molecule has 6 rings (SSSR count). The van der Waals surface area contributed by atoms with E-state index in [9.17, 15) is 4.79 Å². The molecule has 128 valence electrons. The van der Waals surface area contributed by atoms with Crippen molar-refractivity contribution < 1.29 is 4.79 Å². The number of hydrogen-bond donors (Lipinski definition) is 1. The Morgan fingerprint density at radius 1 is 1.33 bits per heavy atom. The van der Waals surface area contributed by atoms with Gasteiger partial charge in [0, 0.05) is 6.42 Å². The summed E-state index contributed by atoms with van der Waals surface area (Å²) in [4.78, 5) is 18.1. The minimum absolute atomic E-state index is 0.0553. The molecular weight excluding hydrogens is 320 g/mol. The molecule has 2 aromatic heterocycles. The van der Waals surface area contributed by atoms with Crippen molar-refractivity contribution in [1.82, 2.24) is 19.9 Å². The number of carbonyl (C=O) groups is 1. The molecule has 1 unspecified atom stereocenters. The van der Waals surface area contributed by atoms with Crippen molar-refractivity contribution >= 4 is 22.2 Å². The van der Waals surface area contributed by atoms with Gasteiger partial charge in [0.05, 0.1) is 17.9 Å². The Labute approximate surface area is 145 Å². The molecule has 4 bridgehead atoms. The summed E-state index contributed by atoms with van der Waals surface area (Å²) in [5.41, 5.74) is 2.98. The monoisotopic (exact) mass is 344 g/mol. The second-order valence-electron chi connectivity index (χ2n) is 8.52. The molecule has 24 heavy (non-hydrogen) atoms. The van der Waals surface area contributed by atoms with Gasteiger partial charge >= 0.3 is 0 Å². The number of nitrogens with zero attached hydrogens (tertiary/aromatic N) is 3. The molecule has 1 amide bonds. The van der Waals surface area contributed by atoms with E-state index in [0.717, 1.165) is 28.4 Å². The SMILES string of the molecule is CC(NC(=O)CC12CC3CC(CC(C3)C1)C2)c1cn2ncsc2n1. The third-order valence-electron chi connectivity index (χ3n) is 6.53. The maximum atomic E-state index is 12.7. The first-order valence-electron chi connectivity index (χ1n) is 9.17. The van der Waals surface area contributed by atoms with E-state index in [2.05, 4.69) is 15.4 Å². The Balaban J connectivity index is 1.26. The van der Waals surface area contributed by atoms with Gasteiger partial charge in [0.15, 0.2) is 0 Å². The fourth-order valence-corrected chi connectivity index (χ4v) is 6.69. The third-order valence-corrected chi connectivity index (χ3v) is 7.22. The molecule has 0 radical (unpaired) electrons. The zero-order chi connectivity index (χ0) is 16.3. The Kier molecular flexibility index (Phi) is 3.27. The molecule has 4 fully saturated rings. The highest BCUT2D eigenvalue weighted by atomic mass is 32.1. The zero-order valence-corrected chi connectivity index (χ0v) is 14.9. The second-order valence-corrected chi connectivity index (χ2v) is 9.33. The van der Waals surface area contributed by atoms with Crippen LogP contribution in [0, 0.1) is 23.2 Å². The van der Waals surface area contributed by atoms with Crippen LogP contribution in [0.1, 0.15) is 63.6 Å². The molecule has 4 aliphatic rings. The molecule has 0 aliphatic heterocycles. The van der Waals surface area contributed by atoms with Gasteiger partial charge in [-0.3, -0.25) is 4.79 Å². The number of imidazole rings is 1. The Morgan fingerprint density at radius 3 is 2.62 bits per heavy atom. The Bertz CT molecular complexity index is 715. The van der Waals surface area contributed by atoms with Gasteiger partial charge in [0.25, 0.3) is 0 Å². The van der Waals surface area contributed by atoms with Crippen LogP contribution < -0.4 is 5.32 Å². The first-order chi connectivity index (χ1) is 11.6. The number of amides is 1. The number of fused-ring (bicyclic) bond motifs is 1. The van der Waals surface area contributed by atoms with Crippen molar-refractivity contribution in [1.29, 1.82) is 0 Å². The minimum Gasteiger partial charge on any atom is -0.348 e. The lowest BCUT2D eigenvalue weighted by atomic mass is 9.49. The molecule has 5 nitrogen and oxygen atoms in total. The lowest BCUT2D eigenvalue weighted by Gasteiger charge is -2.56. The van der Waals surface area contributed by atoms with Crippen molar-refractivity contribution in [3.63, 3.8) is 0 Å². The highest BCUT2D eigenvalue weighted by Crippen LogP contribution is 2.61. The summed E-state index contributed by atoms with van der Waals surface area (Å²) in [5, 5.41) is 7.39. The van der Waals surface area contributed by atoms with Crippen LogP contribution in [0.4, 0.5) is 0 Å². The van der Waals surface area contributed by atoms with Crippen LogP contribution in [-0.4, -0.2) is 20.5 Å². The van der Waals surface area contributed by atoms with E-state index in [4.69, 9.17) is 0 Å². The van der Waals surface area contributed by atoms with E-state index in [1.54, 1.807) is 10.0 Å². The maximum absolute atomic E-state index is 12.7. The Hall–Kier alpha value is -1.43. The van der Waals surface area contributed by atoms with Crippen LogP contribution in [0.25, 0.3) is 4.96 Å². The van der Waals surface area contributed by atoms with Gasteiger partial charge in [-0.15, -0.1) is 0 Å². The van der Waals surface area contributed by atoms with Gasteiger partial charge in [-0.05, 0) is 68.6 Å². The highest BCUT2D eigenvalue weighted by Gasteiger charge is 2.51. The molecule has 0 saturated heterocycles. The normalized spacial score (nSPS) is 35.5. The van der Waals surface area contributed by atoms with Gasteiger partial charge in [0.2, 0.25) is 10.9 Å². The molecule has 2 heterocycles.